The van der Waals surface area contributed by atoms with E-state index in [1.807, 2.05) is 30.6 Å². The lowest BCUT2D eigenvalue weighted by Crippen LogP contribution is -2.44. The van der Waals surface area contributed by atoms with Gasteiger partial charge in [0.2, 0.25) is 0 Å². The number of aromatic nitrogens is 3. The van der Waals surface area contributed by atoms with Crippen molar-refractivity contribution in [1.29, 1.82) is 0 Å². The molecule has 0 aliphatic carbocycles. The molecule has 4 aromatic rings. The summed E-state index contributed by atoms with van der Waals surface area (Å²) in [7, 11) is 2.15. The van der Waals surface area contributed by atoms with Crippen molar-refractivity contribution < 1.29 is 4.79 Å². The molecule has 5 heterocycles. The van der Waals surface area contributed by atoms with Crippen LogP contribution in [0, 0.1) is 0 Å². The molecule has 0 spiro atoms. The molecular formula is C28H31N7O. The van der Waals surface area contributed by atoms with Gasteiger partial charge in [0.05, 0.1) is 23.1 Å². The first-order valence-electron chi connectivity index (χ1n) is 12.6. The Kier molecular flexibility index (Phi) is 5.60. The van der Waals surface area contributed by atoms with Gasteiger partial charge in [-0.05, 0) is 67.9 Å². The van der Waals surface area contributed by atoms with Gasteiger partial charge in [-0.1, -0.05) is 6.07 Å². The van der Waals surface area contributed by atoms with Crippen molar-refractivity contribution in [3.8, 4) is 11.1 Å². The average Bonchev–Trinajstić information content (AvgIpc) is 3.50. The quantitative estimate of drug-likeness (QED) is 0.440. The van der Waals surface area contributed by atoms with Crippen molar-refractivity contribution in [3.05, 3.63) is 66.1 Å². The van der Waals surface area contributed by atoms with Gasteiger partial charge in [-0.15, -0.1) is 0 Å². The highest BCUT2D eigenvalue weighted by molar-refractivity contribution is 6.07. The summed E-state index contributed by atoms with van der Waals surface area (Å²) in [6, 6.07) is 12.6. The van der Waals surface area contributed by atoms with Crippen LogP contribution in [0.25, 0.3) is 22.2 Å². The second kappa shape index (κ2) is 8.95. The Morgan fingerprint density at radius 2 is 1.81 bits per heavy atom. The number of carbonyl (C=O) groups excluding carboxylic acids is 1. The maximum atomic E-state index is 12.9. The van der Waals surface area contributed by atoms with E-state index in [1.165, 1.54) is 0 Å². The van der Waals surface area contributed by atoms with Crippen LogP contribution in [0.15, 0.2) is 55.0 Å². The van der Waals surface area contributed by atoms with Crippen LogP contribution in [0.4, 0.5) is 17.2 Å². The van der Waals surface area contributed by atoms with Crippen molar-refractivity contribution in [2.45, 2.75) is 26.4 Å². The van der Waals surface area contributed by atoms with Gasteiger partial charge in [0.1, 0.15) is 11.5 Å². The van der Waals surface area contributed by atoms with E-state index < -0.39 is 0 Å². The molecule has 1 fully saturated rings. The Labute approximate surface area is 211 Å². The Bertz CT molecular complexity index is 1430. The molecule has 2 aliphatic heterocycles. The monoisotopic (exact) mass is 481 g/mol. The molecule has 0 bridgehead atoms. The minimum atomic E-state index is -0.0616. The number of nitrogens with one attached hydrogen (secondary N) is 2. The van der Waals surface area contributed by atoms with Crippen LogP contribution in [0.5, 0.6) is 0 Å². The zero-order chi connectivity index (χ0) is 24.8. The fourth-order valence-corrected chi connectivity index (χ4v) is 5.26. The summed E-state index contributed by atoms with van der Waals surface area (Å²) >= 11 is 0. The van der Waals surface area contributed by atoms with Crippen LogP contribution in [-0.2, 0) is 6.54 Å². The van der Waals surface area contributed by atoms with Crippen molar-refractivity contribution >= 4 is 34.1 Å². The van der Waals surface area contributed by atoms with E-state index in [1.54, 1.807) is 0 Å². The highest BCUT2D eigenvalue weighted by Crippen LogP contribution is 2.38. The van der Waals surface area contributed by atoms with Crippen molar-refractivity contribution in [2.24, 2.45) is 0 Å². The van der Waals surface area contributed by atoms with Gasteiger partial charge in [-0.3, -0.25) is 4.79 Å². The third-order valence-electron chi connectivity index (χ3n) is 7.31. The van der Waals surface area contributed by atoms with Crippen LogP contribution in [0.1, 0.15) is 35.8 Å². The molecule has 184 valence electrons. The van der Waals surface area contributed by atoms with Gasteiger partial charge in [0, 0.05) is 56.5 Å². The normalized spacial score (nSPS) is 16.0. The number of piperazine rings is 1. The molecule has 8 heteroatoms. The number of anilines is 3. The van der Waals surface area contributed by atoms with E-state index in [9.17, 15) is 4.79 Å². The largest absolute Gasteiger partial charge is 0.368 e. The Hall–Kier alpha value is -3.91. The minimum absolute atomic E-state index is 0.0616. The predicted molar refractivity (Wildman–Crippen MR) is 144 cm³/mol. The molecule has 2 aliphatic rings. The first-order valence-corrected chi connectivity index (χ1v) is 12.6. The van der Waals surface area contributed by atoms with Gasteiger partial charge in [-0.2, -0.15) is 0 Å². The molecule has 0 radical (unpaired) electrons. The lowest BCUT2D eigenvalue weighted by molar-refractivity contribution is 0.0966. The lowest BCUT2D eigenvalue weighted by Gasteiger charge is -2.33. The minimum Gasteiger partial charge on any atom is -0.368 e. The molecule has 1 aromatic carbocycles. The first-order chi connectivity index (χ1) is 17.5. The van der Waals surface area contributed by atoms with Crippen molar-refractivity contribution in [1.82, 2.24) is 24.8 Å². The standard InChI is InChI=1S/C28H31N7O/c1-18(2)35-11-9-22-21(8-10-29-27(22)35)20-5-6-24(26-23(20)17-31-28(26)36)32-25-7-4-19(16-30-25)34-14-12-33(3)13-15-34/h4-11,16,18H,12-15,17H2,1-3H3,(H,30,32)(H,31,36). The number of nitrogens with zero attached hydrogens (tertiary/aromatic N) is 5. The number of pyridine rings is 2. The molecule has 0 saturated carbocycles. The SMILES string of the molecule is CC(C)n1ccc2c(-c3ccc(Nc4ccc(N5CCN(C)CC5)cn4)c4c3CNC4=O)ccnc21. The Morgan fingerprint density at radius 1 is 0.972 bits per heavy atom. The van der Waals surface area contributed by atoms with Gasteiger partial charge >= 0.3 is 0 Å². The summed E-state index contributed by atoms with van der Waals surface area (Å²) in [5.74, 6) is 0.663. The number of fused-ring (bicyclic) bond motifs is 2. The maximum Gasteiger partial charge on any atom is 0.254 e. The molecule has 0 atom stereocenters. The highest BCUT2D eigenvalue weighted by Gasteiger charge is 2.27. The molecule has 1 saturated heterocycles. The second-order valence-corrected chi connectivity index (χ2v) is 9.93. The fourth-order valence-electron chi connectivity index (χ4n) is 5.26. The van der Waals surface area contributed by atoms with Gasteiger partial charge in [-0.25, -0.2) is 9.97 Å². The van der Waals surface area contributed by atoms with Crippen LogP contribution in [0.3, 0.4) is 0 Å². The summed E-state index contributed by atoms with van der Waals surface area (Å²) in [4.78, 5) is 26.9. The second-order valence-electron chi connectivity index (χ2n) is 9.93. The number of hydrogen-bond donors (Lipinski definition) is 2. The zero-order valence-electron chi connectivity index (χ0n) is 21.0. The summed E-state index contributed by atoms with van der Waals surface area (Å²) in [5, 5.41) is 7.50. The summed E-state index contributed by atoms with van der Waals surface area (Å²) < 4.78 is 2.18. The van der Waals surface area contributed by atoms with E-state index in [2.05, 4.69) is 80.3 Å². The number of likely N-dealkylation sites (N-methyl/N-ethyl adjacent to an activating group) is 1. The molecule has 2 N–H and O–H groups in total. The molecule has 0 unspecified atom stereocenters. The summed E-state index contributed by atoms with van der Waals surface area (Å²) in [5.41, 5.74) is 6.69. The van der Waals surface area contributed by atoms with E-state index >= 15 is 0 Å². The summed E-state index contributed by atoms with van der Waals surface area (Å²) in [6.07, 6.45) is 5.85. The third-order valence-corrected chi connectivity index (χ3v) is 7.31. The molecular weight excluding hydrogens is 450 g/mol. The molecule has 8 nitrogen and oxygen atoms in total. The topological polar surface area (TPSA) is 78.3 Å². The Morgan fingerprint density at radius 3 is 2.56 bits per heavy atom. The molecule has 3 aromatic heterocycles. The number of rotatable bonds is 5. The highest BCUT2D eigenvalue weighted by atomic mass is 16.1. The molecule has 6 rings (SSSR count). The van der Waals surface area contributed by atoms with Gasteiger partial charge in [0.15, 0.2) is 0 Å². The number of amides is 1. The molecule has 1 amide bonds. The van der Waals surface area contributed by atoms with Gasteiger partial charge in [0.25, 0.3) is 5.91 Å². The van der Waals surface area contributed by atoms with Crippen LogP contribution in [-0.4, -0.2) is 58.6 Å². The fraction of sp³-hybridized carbons (Fsp3) is 0.321. The van der Waals surface area contributed by atoms with Crippen LogP contribution in [0.2, 0.25) is 0 Å². The number of hydrogen-bond acceptors (Lipinski definition) is 6. The smallest absolute Gasteiger partial charge is 0.254 e. The van der Waals surface area contributed by atoms with E-state index in [-0.39, 0.29) is 5.91 Å². The predicted octanol–water partition coefficient (Wildman–Crippen LogP) is 4.42. The van der Waals surface area contributed by atoms with E-state index in [4.69, 9.17) is 0 Å². The van der Waals surface area contributed by atoms with Crippen molar-refractivity contribution in [2.75, 3.05) is 43.4 Å². The van der Waals surface area contributed by atoms with Crippen LogP contribution >= 0.6 is 0 Å². The maximum absolute atomic E-state index is 12.9. The lowest BCUT2D eigenvalue weighted by atomic mass is 9.94. The number of benzene rings is 1. The first kappa shape index (κ1) is 22.5. The van der Waals surface area contributed by atoms with E-state index in [0.717, 1.165) is 71.1 Å². The van der Waals surface area contributed by atoms with Gasteiger partial charge < -0.3 is 25.0 Å². The Balaban J connectivity index is 1.32. The molecule has 36 heavy (non-hydrogen) atoms. The summed E-state index contributed by atoms with van der Waals surface area (Å²) in [6.45, 7) is 8.93. The van der Waals surface area contributed by atoms with Crippen molar-refractivity contribution in [3.63, 3.8) is 0 Å². The van der Waals surface area contributed by atoms with E-state index in [0.29, 0.717) is 18.2 Å². The third kappa shape index (κ3) is 3.87. The number of carbonyl (C=O) groups is 1. The average molecular weight is 482 g/mol. The van der Waals surface area contributed by atoms with Crippen LogP contribution < -0.4 is 15.5 Å². The zero-order valence-corrected chi connectivity index (χ0v) is 21.0.